The van der Waals surface area contributed by atoms with E-state index in [1.807, 2.05) is 40.0 Å². The number of carbonyl (C=O) groups excluding carboxylic acids is 1. The molecule has 0 atom stereocenters. The molecule has 2 heterocycles. The number of piperazine rings is 1. The van der Waals surface area contributed by atoms with E-state index in [1.54, 1.807) is 6.20 Å². The quantitative estimate of drug-likeness (QED) is 0.643. The largest absolute Gasteiger partial charge is 0.338 e. The van der Waals surface area contributed by atoms with Crippen molar-refractivity contribution in [3.8, 4) is 5.69 Å². The maximum absolute atomic E-state index is 12.5. The second-order valence-corrected chi connectivity index (χ2v) is 7.70. The molecule has 4 rings (SSSR count). The molecule has 1 saturated heterocycles. The molecule has 31 heavy (non-hydrogen) atoms. The highest BCUT2D eigenvalue weighted by Gasteiger charge is 2.19. The number of amides is 2. The van der Waals surface area contributed by atoms with Gasteiger partial charge in [-0.3, -0.25) is 4.90 Å². The number of benzene rings is 2. The van der Waals surface area contributed by atoms with Crippen LogP contribution < -0.4 is 5.32 Å². The van der Waals surface area contributed by atoms with Crippen molar-refractivity contribution in [2.75, 3.05) is 39.3 Å². The van der Waals surface area contributed by atoms with Crippen LogP contribution in [-0.4, -0.2) is 64.9 Å². The highest BCUT2D eigenvalue weighted by Crippen LogP contribution is 2.09. The molecule has 0 bridgehead atoms. The lowest BCUT2D eigenvalue weighted by molar-refractivity contribution is 0.147. The Kier molecular flexibility index (Phi) is 7.13. The lowest BCUT2D eigenvalue weighted by Crippen LogP contribution is -2.51. The third-order valence-corrected chi connectivity index (χ3v) is 5.53. The Morgan fingerprint density at radius 1 is 0.968 bits per heavy atom. The summed E-state index contributed by atoms with van der Waals surface area (Å²) in [6, 6.07) is 20.6. The van der Waals surface area contributed by atoms with Crippen LogP contribution in [0.1, 0.15) is 11.1 Å². The van der Waals surface area contributed by atoms with Gasteiger partial charge in [-0.15, -0.1) is 0 Å². The number of aromatic nitrogens is 2. The van der Waals surface area contributed by atoms with Crippen LogP contribution >= 0.6 is 0 Å². The Morgan fingerprint density at radius 2 is 1.74 bits per heavy atom. The molecule has 0 saturated carbocycles. The van der Waals surface area contributed by atoms with Crippen molar-refractivity contribution in [2.24, 2.45) is 0 Å². The van der Waals surface area contributed by atoms with E-state index in [9.17, 15) is 4.79 Å². The zero-order valence-corrected chi connectivity index (χ0v) is 17.7. The number of hydrogen-bond donors (Lipinski definition) is 1. The SMILES string of the molecule is O=C(NCCc1ccc(-n2cccn2)cc1)N1CCN(C/C=C/c2ccccc2)CC1. The minimum Gasteiger partial charge on any atom is -0.338 e. The number of carbonyl (C=O) groups is 1. The van der Waals surface area contributed by atoms with Crippen LogP contribution in [0.5, 0.6) is 0 Å². The zero-order chi connectivity index (χ0) is 21.3. The first kappa shape index (κ1) is 20.9. The molecule has 2 amide bonds. The molecule has 0 spiro atoms. The van der Waals surface area contributed by atoms with Crippen molar-refractivity contribution in [3.05, 3.63) is 90.3 Å². The summed E-state index contributed by atoms with van der Waals surface area (Å²) in [7, 11) is 0. The van der Waals surface area contributed by atoms with Crippen molar-refractivity contribution >= 4 is 12.1 Å². The normalized spacial score (nSPS) is 14.8. The van der Waals surface area contributed by atoms with Gasteiger partial charge in [-0.25, -0.2) is 9.48 Å². The van der Waals surface area contributed by atoms with Crippen LogP contribution in [0.4, 0.5) is 4.79 Å². The molecule has 1 fully saturated rings. The molecule has 1 N–H and O–H groups in total. The Hall–Kier alpha value is -3.38. The van der Waals surface area contributed by atoms with Gasteiger partial charge in [0.25, 0.3) is 0 Å². The van der Waals surface area contributed by atoms with Crippen LogP contribution in [0.2, 0.25) is 0 Å². The maximum Gasteiger partial charge on any atom is 0.317 e. The van der Waals surface area contributed by atoms with Crippen molar-refractivity contribution in [1.82, 2.24) is 24.9 Å². The minimum absolute atomic E-state index is 0.0349. The highest BCUT2D eigenvalue weighted by molar-refractivity contribution is 5.74. The highest BCUT2D eigenvalue weighted by atomic mass is 16.2. The van der Waals surface area contributed by atoms with Gasteiger partial charge in [0.2, 0.25) is 0 Å². The van der Waals surface area contributed by atoms with Gasteiger partial charge in [0.05, 0.1) is 5.69 Å². The van der Waals surface area contributed by atoms with Crippen molar-refractivity contribution in [2.45, 2.75) is 6.42 Å². The molecule has 1 aromatic heterocycles. The summed E-state index contributed by atoms with van der Waals surface area (Å²) in [4.78, 5) is 16.8. The van der Waals surface area contributed by atoms with Gasteiger partial charge in [-0.05, 0) is 35.7 Å². The fourth-order valence-corrected chi connectivity index (χ4v) is 3.70. The first-order valence-electron chi connectivity index (χ1n) is 10.8. The zero-order valence-electron chi connectivity index (χ0n) is 17.7. The van der Waals surface area contributed by atoms with Crippen LogP contribution in [0.25, 0.3) is 11.8 Å². The molecule has 160 valence electrons. The lowest BCUT2D eigenvalue weighted by Gasteiger charge is -2.34. The number of hydrogen-bond acceptors (Lipinski definition) is 3. The Balaban J connectivity index is 1.14. The minimum atomic E-state index is 0.0349. The predicted molar refractivity (Wildman–Crippen MR) is 124 cm³/mol. The summed E-state index contributed by atoms with van der Waals surface area (Å²) in [6.45, 7) is 4.90. The number of nitrogens with one attached hydrogen (secondary N) is 1. The summed E-state index contributed by atoms with van der Waals surface area (Å²) >= 11 is 0. The van der Waals surface area contributed by atoms with E-state index >= 15 is 0 Å². The second-order valence-electron chi connectivity index (χ2n) is 7.70. The van der Waals surface area contributed by atoms with E-state index in [-0.39, 0.29) is 6.03 Å². The third kappa shape index (κ3) is 6.06. The Morgan fingerprint density at radius 3 is 2.45 bits per heavy atom. The summed E-state index contributed by atoms with van der Waals surface area (Å²) in [5.41, 5.74) is 3.46. The van der Waals surface area contributed by atoms with Gasteiger partial charge < -0.3 is 10.2 Å². The monoisotopic (exact) mass is 415 g/mol. The molecule has 1 aliphatic rings. The van der Waals surface area contributed by atoms with E-state index in [0.717, 1.165) is 44.8 Å². The second kappa shape index (κ2) is 10.6. The van der Waals surface area contributed by atoms with Gasteiger partial charge >= 0.3 is 6.03 Å². The van der Waals surface area contributed by atoms with E-state index in [0.29, 0.717) is 6.54 Å². The fourth-order valence-electron chi connectivity index (χ4n) is 3.70. The third-order valence-electron chi connectivity index (χ3n) is 5.53. The Bertz CT molecular complexity index is 959. The van der Waals surface area contributed by atoms with Crippen LogP contribution in [0.3, 0.4) is 0 Å². The fraction of sp³-hybridized carbons (Fsp3) is 0.280. The molecule has 1 aliphatic heterocycles. The predicted octanol–water partition coefficient (Wildman–Crippen LogP) is 3.46. The average Bonchev–Trinajstić information content (AvgIpc) is 3.36. The standard InChI is InChI=1S/C25H29N5O/c31-25(26-15-13-23-9-11-24(12-10-23)30-17-5-14-27-30)29-20-18-28(19-21-29)16-4-8-22-6-2-1-3-7-22/h1-12,14,17H,13,15-16,18-21H2,(H,26,31)/b8-4+. The number of rotatable bonds is 7. The summed E-state index contributed by atoms with van der Waals surface area (Å²) in [6.07, 6.45) is 8.86. The topological polar surface area (TPSA) is 53.4 Å². The number of nitrogens with zero attached hydrogens (tertiary/aromatic N) is 4. The van der Waals surface area contributed by atoms with Crippen molar-refractivity contribution < 1.29 is 4.79 Å². The smallest absolute Gasteiger partial charge is 0.317 e. The molecule has 6 heteroatoms. The molecule has 6 nitrogen and oxygen atoms in total. The van der Waals surface area contributed by atoms with Gasteiger partial charge in [0, 0.05) is 51.7 Å². The van der Waals surface area contributed by atoms with Gasteiger partial charge in [-0.2, -0.15) is 5.10 Å². The first-order chi connectivity index (χ1) is 15.3. The Labute approximate surface area is 183 Å². The summed E-state index contributed by atoms with van der Waals surface area (Å²) in [5.74, 6) is 0. The van der Waals surface area contributed by atoms with Crippen molar-refractivity contribution in [3.63, 3.8) is 0 Å². The molecular formula is C25H29N5O. The summed E-state index contributed by atoms with van der Waals surface area (Å²) in [5, 5.41) is 7.30. The molecule has 0 aliphatic carbocycles. The van der Waals surface area contributed by atoms with Crippen LogP contribution in [-0.2, 0) is 6.42 Å². The summed E-state index contributed by atoms with van der Waals surface area (Å²) < 4.78 is 1.84. The molecule has 2 aromatic carbocycles. The van der Waals surface area contributed by atoms with Crippen LogP contribution in [0, 0.1) is 0 Å². The lowest BCUT2D eigenvalue weighted by atomic mass is 10.1. The van der Waals surface area contributed by atoms with Gasteiger partial charge in [-0.1, -0.05) is 54.6 Å². The van der Waals surface area contributed by atoms with Crippen LogP contribution in [0.15, 0.2) is 79.1 Å². The molecule has 0 radical (unpaired) electrons. The van der Waals surface area contributed by atoms with Gasteiger partial charge in [0.15, 0.2) is 0 Å². The molecule has 0 unspecified atom stereocenters. The maximum atomic E-state index is 12.5. The number of urea groups is 1. The molecular weight excluding hydrogens is 386 g/mol. The molecule has 3 aromatic rings. The van der Waals surface area contributed by atoms with Crippen molar-refractivity contribution in [1.29, 1.82) is 0 Å². The average molecular weight is 416 g/mol. The van der Waals surface area contributed by atoms with E-state index in [2.05, 4.69) is 63.9 Å². The van der Waals surface area contributed by atoms with Gasteiger partial charge in [0.1, 0.15) is 0 Å². The van der Waals surface area contributed by atoms with E-state index in [4.69, 9.17) is 0 Å². The van der Waals surface area contributed by atoms with E-state index in [1.165, 1.54) is 11.1 Å². The first-order valence-corrected chi connectivity index (χ1v) is 10.8. The van der Waals surface area contributed by atoms with E-state index < -0.39 is 0 Å².